The molecule has 0 aliphatic heterocycles. The van der Waals surface area contributed by atoms with Crippen LogP contribution in [0.25, 0.3) is 10.6 Å². The predicted molar refractivity (Wildman–Crippen MR) is 104 cm³/mol. The van der Waals surface area contributed by atoms with E-state index in [1.165, 1.54) is 12.1 Å². The van der Waals surface area contributed by atoms with E-state index < -0.39 is 10.0 Å². The fourth-order valence-corrected chi connectivity index (χ4v) is 4.77. The minimum absolute atomic E-state index is 0.174. The maximum atomic E-state index is 12.7. The summed E-state index contributed by atoms with van der Waals surface area (Å²) in [7, 11) is 0.0985. The number of H-pyrrole nitrogens is 1. The number of benzene rings is 1. The second kappa shape index (κ2) is 6.93. The van der Waals surface area contributed by atoms with Gasteiger partial charge in [-0.1, -0.05) is 6.07 Å². The van der Waals surface area contributed by atoms with E-state index in [2.05, 4.69) is 14.9 Å². The van der Waals surface area contributed by atoms with Crippen molar-refractivity contribution in [1.29, 1.82) is 0 Å². The molecular formula is C17H18N4O3S2. The lowest BCUT2D eigenvalue weighted by Gasteiger charge is -2.17. The van der Waals surface area contributed by atoms with E-state index in [0.717, 1.165) is 22.6 Å². The Labute approximate surface area is 155 Å². The second-order valence-corrected chi connectivity index (χ2v) is 8.92. The van der Waals surface area contributed by atoms with Crippen LogP contribution < -0.4 is 15.2 Å². The van der Waals surface area contributed by atoms with Crippen LogP contribution in [0.3, 0.4) is 0 Å². The molecule has 7 nitrogen and oxygen atoms in total. The Hall–Kier alpha value is -2.65. The standard InChI is InChI=1S/C17H18N4O3S2/c1-11-4-5-12(10-14(11)21(2)3)20-26(23,24)17-9-7-15(25-17)13-6-8-16(22)19-18-13/h4-10,20H,1-3H3,(H,19,22). The van der Waals surface area contributed by atoms with Gasteiger partial charge in [-0.3, -0.25) is 9.52 Å². The number of thiophene rings is 1. The van der Waals surface area contributed by atoms with Gasteiger partial charge in [0.2, 0.25) is 0 Å². The number of nitrogens with zero attached hydrogens (tertiary/aromatic N) is 2. The number of anilines is 2. The molecule has 136 valence electrons. The van der Waals surface area contributed by atoms with Gasteiger partial charge in [0.1, 0.15) is 9.90 Å². The molecule has 0 aliphatic rings. The van der Waals surface area contributed by atoms with Crippen LogP contribution in [0.15, 0.2) is 51.5 Å². The maximum absolute atomic E-state index is 12.7. The second-order valence-electron chi connectivity index (χ2n) is 5.93. The van der Waals surface area contributed by atoms with Gasteiger partial charge in [-0.15, -0.1) is 11.3 Å². The molecule has 0 radical (unpaired) electrons. The zero-order valence-corrected chi connectivity index (χ0v) is 16.1. The molecule has 0 fully saturated rings. The first kappa shape index (κ1) is 18.2. The molecule has 2 heterocycles. The topological polar surface area (TPSA) is 95.2 Å². The molecule has 26 heavy (non-hydrogen) atoms. The quantitative estimate of drug-likeness (QED) is 0.698. The van der Waals surface area contributed by atoms with E-state index in [0.29, 0.717) is 16.3 Å². The average Bonchev–Trinajstić information content (AvgIpc) is 3.08. The molecule has 0 atom stereocenters. The van der Waals surface area contributed by atoms with Crippen molar-refractivity contribution in [3.05, 3.63) is 58.4 Å². The van der Waals surface area contributed by atoms with Crippen molar-refractivity contribution in [2.45, 2.75) is 11.1 Å². The Morgan fingerprint density at radius 2 is 1.88 bits per heavy atom. The summed E-state index contributed by atoms with van der Waals surface area (Å²) >= 11 is 1.09. The molecule has 2 N–H and O–H groups in total. The Balaban J connectivity index is 1.88. The highest BCUT2D eigenvalue weighted by molar-refractivity contribution is 7.94. The Morgan fingerprint density at radius 1 is 1.12 bits per heavy atom. The number of aryl methyl sites for hydroxylation is 1. The summed E-state index contributed by atoms with van der Waals surface area (Å²) < 4.78 is 28.1. The lowest BCUT2D eigenvalue weighted by molar-refractivity contribution is 0.603. The molecule has 0 saturated heterocycles. The van der Waals surface area contributed by atoms with Crippen molar-refractivity contribution in [3.8, 4) is 10.6 Å². The molecule has 0 unspecified atom stereocenters. The molecule has 1 aromatic carbocycles. The largest absolute Gasteiger partial charge is 0.377 e. The van der Waals surface area contributed by atoms with Crippen LogP contribution in [-0.4, -0.2) is 32.7 Å². The summed E-state index contributed by atoms with van der Waals surface area (Å²) in [5, 5.41) is 6.26. The summed E-state index contributed by atoms with van der Waals surface area (Å²) in [5.41, 5.74) is 2.70. The highest BCUT2D eigenvalue weighted by Gasteiger charge is 2.18. The van der Waals surface area contributed by atoms with Gasteiger partial charge in [0.25, 0.3) is 15.6 Å². The van der Waals surface area contributed by atoms with E-state index >= 15 is 0 Å². The number of hydrogen-bond acceptors (Lipinski definition) is 6. The van der Waals surface area contributed by atoms with Crippen LogP contribution in [0.4, 0.5) is 11.4 Å². The van der Waals surface area contributed by atoms with Crippen molar-refractivity contribution in [2.24, 2.45) is 0 Å². The molecule has 3 aromatic rings. The molecule has 0 saturated carbocycles. The molecule has 0 amide bonds. The number of aromatic nitrogens is 2. The van der Waals surface area contributed by atoms with Crippen LogP contribution in [-0.2, 0) is 10.0 Å². The minimum Gasteiger partial charge on any atom is -0.377 e. The highest BCUT2D eigenvalue weighted by Crippen LogP contribution is 2.31. The van der Waals surface area contributed by atoms with Crippen LogP contribution in [0.1, 0.15) is 5.56 Å². The third-order valence-electron chi connectivity index (χ3n) is 3.72. The fourth-order valence-electron chi connectivity index (χ4n) is 2.44. The molecule has 2 aromatic heterocycles. The number of nitrogens with one attached hydrogen (secondary N) is 2. The van der Waals surface area contributed by atoms with Crippen LogP contribution in [0.5, 0.6) is 0 Å². The minimum atomic E-state index is -3.71. The average molecular weight is 390 g/mol. The Bertz CT molecular complexity index is 1080. The van der Waals surface area contributed by atoms with Gasteiger partial charge >= 0.3 is 0 Å². The normalized spacial score (nSPS) is 11.3. The lowest BCUT2D eigenvalue weighted by Crippen LogP contribution is -2.14. The summed E-state index contributed by atoms with van der Waals surface area (Å²) in [6.07, 6.45) is 0. The third-order valence-corrected chi connectivity index (χ3v) is 6.70. The SMILES string of the molecule is Cc1ccc(NS(=O)(=O)c2ccc(-c3ccc(=O)[nH]n3)s2)cc1N(C)C. The smallest absolute Gasteiger partial charge is 0.271 e. The number of sulfonamides is 1. The number of aromatic amines is 1. The van der Waals surface area contributed by atoms with Crippen LogP contribution >= 0.6 is 11.3 Å². The van der Waals surface area contributed by atoms with Crippen LogP contribution in [0.2, 0.25) is 0 Å². The lowest BCUT2D eigenvalue weighted by atomic mass is 10.2. The summed E-state index contributed by atoms with van der Waals surface area (Å²) in [5.74, 6) is 0. The molecule has 0 bridgehead atoms. The van der Waals surface area contributed by atoms with E-state index in [9.17, 15) is 13.2 Å². The van der Waals surface area contributed by atoms with Crippen molar-refractivity contribution in [3.63, 3.8) is 0 Å². The monoisotopic (exact) mass is 390 g/mol. The highest BCUT2D eigenvalue weighted by atomic mass is 32.2. The zero-order valence-electron chi connectivity index (χ0n) is 14.5. The van der Waals surface area contributed by atoms with E-state index in [4.69, 9.17) is 0 Å². The Morgan fingerprint density at radius 3 is 2.54 bits per heavy atom. The van der Waals surface area contributed by atoms with Crippen molar-refractivity contribution >= 4 is 32.7 Å². The first-order chi connectivity index (χ1) is 12.3. The van der Waals surface area contributed by atoms with Crippen LogP contribution in [0, 0.1) is 6.92 Å². The number of hydrogen-bond donors (Lipinski definition) is 2. The van der Waals surface area contributed by atoms with Gasteiger partial charge in [0.05, 0.1) is 10.6 Å². The number of rotatable bonds is 5. The van der Waals surface area contributed by atoms with Crippen molar-refractivity contribution in [1.82, 2.24) is 10.2 Å². The van der Waals surface area contributed by atoms with Gasteiger partial charge < -0.3 is 4.90 Å². The first-order valence-corrected chi connectivity index (χ1v) is 10.0. The predicted octanol–water partition coefficient (Wildman–Crippen LogP) is 2.67. The fraction of sp³-hybridized carbons (Fsp3) is 0.176. The van der Waals surface area contributed by atoms with Gasteiger partial charge in [0.15, 0.2) is 0 Å². The van der Waals surface area contributed by atoms with Crippen molar-refractivity contribution < 1.29 is 8.42 Å². The van der Waals surface area contributed by atoms with Gasteiger partial charge in [0, 0.05) is 25.8 Å². The van der Waals surface area contributed by atoms with Gasteiger partial charge in [-0.2, -0.15) is 5.10 Å². The summed E-state index contributed by atoms with van der Waals surface area (Å²) in [4.78, 5) is 13.7. The van der Waals surface area contributed by atoms with Gasteiger partial charge in [-0.25, -0.2) is 13.5 Å². The van der Waals surface area contributed by atoms with Crippen molar-refractivity contribution in [2.75, 3.05) is 23.7 Å². The summed E-state index contributed by atoms with van der Waals surface area (Å²) in [6, 6.07) is 11.5. The molecule has 0 spiro atoms. The molecule has 3 rings (SSSR count). The molecule has 0 aliphatic carbocycles. The zero-order chi connectivity index (χ0) is 18.9. The summed E-state index contributed by atoms with van der Waals surface area (Å²) in [6.45, 7) is 1.97. The Kier molecular flexibility index (Phi) is 4.84. The van der Waals surface area contributed by atoms with E-state index in [-0.39, 0.29) is 9.77 Å². The van der Waals surface area contributed by atoms with E-state index in [1.807, 2.05) is 32.0 Å². The first-order valence-electron chi connectivity index (χ1n) is 7.73. The third kappa shape index (κ3) is 3.78. The molecular weight excluding hydrogens is 372 g/mol. The van der Waals surface area contributed by atoms with E-state index in [1.54, 1.807) is 24.3 Å². The van der Waals surface area contributed by atoms with Gasteiger partial charge in [-0.05, 0) is 42.8 Å². The maximum Gasteiger partial charge on any atom is 0.271 e. The molecule has 9 heteroatoms.